The molecule has 0 heterocycles. The zero-order valence-corrected chi connectivity index (χ0v) is 18.1. The van der Waals surface area contributed by atoms with Crippen molar-refractivity contribution < 1.29 is 14.0 Å². The Morgan fingerprint density at radius 2 is 1.83 bits per heavy atom. The van der Waals surface area contributed by atoms with Crippen LogP contribution in [0.3, 0.4) is 0 Å². The second-order valence-corrected chi connectivity index (χ2v) is 8.54. The average Bonchev–Trinajstić information content (AvgIpc) is 3.20. The molecule has 0 bridgehead atoms. The van der Waals surface area contributed by atoms with Gasteiger partial charge in [-0.05, 0) is 55.2 Å². The molecule has 0 radical (unpaired) electrons. The molecule has 4 nitrogen and oxygen atoms in total. The lowest BCUT2D eigenvalue weighted by atomic mass is 10.1. The van der Waals surface area contributed by atoms with Crippen LogP contribution in [0.25, 0.3) is 0 Å². The number of halogens is 2. The molecule has 0 unspecified atom stereocenters. The lowest BCUT2D eigenvalue weighted by Gasteiger charge is -2.30. The van der Waals surface area contributed by atoms with E-state index in [2.05, 4.69) is 21.2 Å². The van der Waals surface area contributed by atoms with Crippen LogP contribution in [0.2, 0.25) is 0 Å². The van der Waals surface area contributed by atoms with Gasteiger partial charge in [0.25, 0.3) is 0 Å². The van der Waals surface area contributed by atoms with E-state index >= 15 is 0 Å². The van der Waals surface area contributed by atoms with Crippen LogP contribution >= 0.6 is 15.9 Å². The number of rotatable bonds is 7. The van der Waals surface area contributed by atoms with Gasteiger partial charge in [-0.2, -0.15) is 0 Å². The van der Waals surface area contributed by atoms with Gasteiger partial charge in [0.1, 0.15) is 11.9 Å². The minimum atomic E-state index is -0.595. The number of carbonyl (C=O) groups is 2. The molecule has 29 heavy (non-hydrogen) atoms. The fraction of sp³-hybridized carbons (Fsp3) is 0.391. The van der Waals surface area contributed by atoms with Crippen LogP contribution in [0, 0.1) is 5.82 Å². The molecule has 2 aromatic carbocycles. The molecule has 1 fully saturated rings. The summed E-state index contributed by atoms with van der Waals surface area (Å²) in [6, 6.07) is 13.2. The Balaban J connectivity index is 1.76. The van der Waals surface area contributed by atoms with Gasteiger partial charge < -0.3 is 10.2 Å². The Bertz CT molecular complexity index is 850. The van der Waals surface area contributed by atoms with Crippen LogP contribution in [0.4, 0.5) is 4.39 Å². The molecule has 2 aromatic rings. The van der Waals surface area contributed by atoms with E-state index in [9.17, 15) is 14.0 Å². The van der Waals surface area contributed by atoms with Gasteiger partial charge in [-0.15, -0.1) is 0 Å². The molecular weight excluding hydrogens is 435 g/mol. The van der Waals surface area contributed by atoms with Gasteiger partial charge in [0.05, 0.1) is 6.42 Å². The molecule has 6 heteroatoms. The lowest BCUT2D eigenvalue weighted by molar-refractivity contribution is -0.140. The quantitative estimate of drug-likeness (QED) is 0.655. The van der Waals surface area contributed by atoms with Gasteiger partial charge in [-0.1, -0.05) is 53.0 Å². The van der Waals surface area contributed by atoms with Crippen molar-refractivity contribution in [3.8, 4) is 0 Å². The summed E-state index contributed by atoms with van der Waals surface area (Å²) in [6.45, 7) is 2.10. The molecule has 1 saturated carbocycles. The van der Waals surface area contributed by atoms with E-state index < -0.39 is 6.04 Å². The van der Waals surface area contributed by atoms with Crippen molar-refractivity contribution in [3.63, 3.8) is 0 Å². The topological polar surface area (TPSA) is 49.4 Å². The van der Waals surface area contributed by atoms with Crippen molar-refractivity contribution in [3.05, 3.63) is 69.9 Å². The number of hydrogen-bond donors (Lipinski definition) is 1. The van der Waals surface area contributed by atoms with Gasteiger partial charge >= 0.3 is 0 Å². The van der Waals surface area contributed by atoms with Crippen LogP contribution in [0.15, 0.2) is 53.0 Å². The summed E-state index contributed by atoms with van der Waals surface area (Å²) in [6.07, 6.45) is 4.37. The van der Waals surface area contributed by atoms with Crippen molar-refractivity contribution in [2.45, 2.75) is 57.7 Å². The molecule has 0 spiro atoms. The van der Waals surface area contributed by atoms with Crippen molar-refractivity contribution >= 4 is 27.7 Å². The van der Waals surface area contributed by atoms with E-state index in [-0.39, 0.29) is 30.1 Å². The summed E-state index contributed by atoms with van der Waals surface area (Å²) < 4.78 is 14.1. The maximum Gasteiger partial charge on any atom is 0.242 e. The Morgan fingerprint density at radius 1 is 1.14 bits per heavy atom. The zero-order valence-electron chi connectivity index (χ0n) is 16.5. The fourth-order valence-corrected chi connectivity index (χ4v) is 4.13. The SMILES string of the molecule is C[C@H](C(=O)NC1CCCC1)N(Cc1cccc(Br)c1)C(=O)Cc1ccc(F)cc1. The first-order valence-electron chi connectivity index (χ1n) is 10.0. The van der Waals surface area contributed by atoms with E-state index in [1.165, 1.54) is 12.1 Å². The molecule has 1 aliphatic carbocycles. The Kier molecular flexibility index (Phi) is 7.42. The highest BCUT2D eigenvalue weighted by molar-refractivity contribution is 9.10. The standard InChI is InChI=1S/C23H26BrFN2O2/c1-16(23(29)26-21-7-2-3-8-21)27(15-18-5-4-6-19(24)13-18)22(28)14-17-9-11-20(25)12-10-17/h4-6,9-13,16,21H,2-3,7-8,14-15H2,1H3,(H,26,29)/t16-/m1/s1. The molecule has 0 saturated heterocycles. The van der Waals surface area contributed by atoms with E-state index in [0.717, 1.165) is 41.3 Å². The molecule has 1 atom stereocenters. The third-order valence-corrected chi connectivity index (χ3v) is 5.87. The van der Waals surface area contributed by atoms with Crippen molar-refractivity contribution in [2.75, 3.05) is 0 Å². The van der Waals surface area contributed by atoms with E-state index in [0.29, 0.717) is 6.54 Å². The van der Waals surface area contributed by atoms with E-state index in [1.807, 2.05) is 24.3 Å². The highest BCUT2D eigenvalue weighted by Gasteiger charge is 2.28. The Labute approximate surface area is 179 Å². The molecule has 1 N–H and O–H groups in total. The molecule has 0 aliphatic heterocycles. The summed E-state index contributed by atoms with van der Waals surface area (Å²) in [7, 11) is 0. The van der Waals surface area contributed by atoms with E-state index in [4.69, 9.17) is 0 Å². The minimum Gasteiger partial charge on any atom is -0.352 e. The van der Waals surface area contributed by atoms with E-state index in [1.54, 1.807) is 24.0 Å². The Morgan fingerprint density at radius 3 is 2.48 bits per heavy atom. The molecule has 1 aliphatic rings. The summed E-state index contributed by atoms with van der Waals surface area (Å²) in [5.41, 5.74) is 1.66. The molecule has 3 rings (SSSR count). The van der Waals surface area contributed by atoms with Gasteiger partial charge in [-0.25, -0.2) is 4.39 Å². The third kappa shape index (κ3) is 6.13. The average molecular weight is 461 g/mol. The number of nitrogens with one attached hydrogen (secondary N) is 1. The number of carbonyl (C=O) groups excluding carboxylic acids is 2. The predicted octanol–water partition coefficient (Wildman–Crippen LogP) is 4.61. The highest BCUT2D eigenvalue weighted by Crippen LogP contribution is 2.20. The maximum absolute atomic E-state index is 13.2. The Hall–Kier alpha value is -2.21. The van der Waals surface area contributed by atoms with Gasteiger partial charge in [0, 0.05) is 17.1 Å². The van der Waals surface area contributed by atoms with Crippen LogP contribution in [-0.4, -0.2) is 28.8 Å². The van der Waals surface area contributed by atoms with Crippen LogP contribution in [-0.2, 0) is 22.6 Å². The second-order valence-electron chi connectivity index (χ2n) is 7.62. The third-order valence-electron chi connectivity index (χ3n) is 5.38. The minimum absolute atomic E-state index is 0.120. The predicted molar refractivity (Wildman–Crippen MR) is 115 cm³/mol. The van der Waals surface area contributed by atoms with Crippen LogP contribution < -0.4 is 5.32 Å². The number of nitrogens with zero attached hydrogens (tertiary/aromatic N) is 1. The van der Waals surface area contributed by atoms with Crippen LogP contribution in [0.1, 0.15) is 43.7 Å². The highest BCUT2D eigenvalue weighted by atomic mass is 79.9. The molecular formula is C23H26BrFN2O2. The monoisotopic (exact) mass is 460 g/mol. The number of amides is 2. The zero-order chi connectivity index (χ0) is 20.8. The van der Waals surface area contributed by atoms with Crippen LogP contribution in [0.5, 0.6) is 0 Å². The number of hydrogen-bond acceptors (Lipinski definition) is 2. The maximum atomic E-state index is 13.2. The fourth-order valence-electron chi connectivity index (χ4n) is 3.69. The largest absolute Gasteiger partial charge is 0.352 e. The first-order valence-corrected chi connectivity index (χ1v) is 10.8. The second kappa shape index (κ2) is 10.0. The summed E-state index contributed by atoms with van der Waals surface area (Å²) >= 11 is 3.46. The van der Waals surface area contributed by atoms with Gasteiger partial charge in [0.2, 0.25) is 11.8 Å². The molecule has 0 aromatic heterocycles. The molecule has 154 valence electrons. The first-order chi connectivity index (χ1) is 13.9. The number of benzene rings is 2. The summed E-state index contributed by atoms with van der Waals surface area (Å²) in [5, 5.41) is 3.09. The lowest BCUT2D eigenvalue weighted by Crippen LogP contribution is -2.50. The first kappa shape index (κ1) is 21.5. The van der Waals surface area contributed by atoms with Gasteiger partial charge in [-0.3, -0.25) is 9.59 Å². The van der Waals surface area contributed by atoms with Crippen molar-refractivity contribution in [2.24, 2.45) is 0 Å². The van der Waals surface area contributed by atoms with Crippen molar-refractivity contribution in [1.82, 2.24) is 10.2 Å². The summed E-state index contributed by atoms with van der Waals surface area (Å²) in [4.78, 5) is 27.6. The molecule has 2 amide bonds. The smallest absolute Gasteiger partial charge is 0.242 e. The van der Waals surface area contributed by atoms with Gasteiger partial charge in [0.15, 0.2) is 0 Å². The normalized spacial score (nSPS) is 15.1. The summed E-state index contributed by atoms with van der Waals surface area (Å²) in [5.74, 6) is -0.624. The van der Waals surface area contributed by atoms with Crippen molar-refractivity contribution in [1.29, 1.82) is 0 Å².